The number of hydrogen-bond donors (Lipinski definition) is 0. The van der Waals surface area contributed by atoms with Gasteiger partial charge in [0.05, 0.1) is 0 Å². The highest BCUT2D eigenvalue weighted by Crippen LogP contribution is 2.35. The summed E-state index contributed by atoms with van der Waals surface area (Å²) >= 11 is 7.00. The SMILES string of the molecule is C=CC1=CCC(Br)(Br)C=C1. The summed E-state index contributed by atoms with van der Waals surface area (Å²) in [5.74, 6) is 0. The summed E-state index contributed by atoms with van der Waals surface area (Å²) in [6.07, 6.45) is 9.07. The molecule has 1 rings (SSSR count). The lowest BCUT2D eigenvalue weighted by atomic mass is 10.1. The van der Waals surface area contributed by atoms with Gasteiger partial charge in [0.25, 0.3) is 0 Å². The van der Waals surface area contributed by atoms with Gasteiger partial charge in [-0.25, -0.2) is 0 Å². The molecule has 0 atom stereocenters. The van der Waals surface area contributed by atoms with E-state index in [1.807, 2.05) is 12.2 Å². The zero-order chi connectivity index (χ0) is 7.61. The number of halogens is 2. The summed E-state index contributed by atoms with van der Waals surface area (Å²) in [6, 6.07) is 0. The topological polar surface area (TPSA) is 0 Å². The van der Waals surface area contributed by atoms with E-state index < -0.39 is 0 Å². The van der Waals surface area contributed by atoms with E-state index in [1.165, 1.54) is 5.57 Å². The Hall–Kier alpha value is 0.180. The van der Waals surface area contributed by atoms with Crippen molar-refractivity contribution in [3.8, 4) is 0 Å². The maximum atomic E-state index is 3.68. The lowest BCUT2D eigenvalue weighted by molar-refractivity contribution is 1.02. The van der Waals surface area contributed by atoms with Crippen molar-refractivity contribution < 1.29 is 0 Å². The van der Waals surface area contributed by atoms with Crippen LogP contribution in [-0.4, -0.2) is 3.23 Å². The first kappa shape index (κ1) is 8.28. The standard InChI is InChI=1S/C8H8Br2/c1-2-7-3-5-8(9,10)6-4-7/h2-5H,1,6H2. The van der Waals surface area contributed by atoms with Crippen LogP contribution in [0, 0.1) is 0 Å². The maximum absolute atomic E-state index is 3.68. The third-order valence-corrected chi connectivity index (χ3v) is 2.54. The Labute approximate surface area is 78.0 Å². The van der Waals surface area contributed by atoms with Crippen LogP contribution in [0.4, 0.5) is 0 Å². The fourth-order valence-corrected chi connectivity index (χ4v) is 1.35. The van der Waals surface area contributed by atoms with Gasteiger partial charge in [0.2, 0.25) is 0 Å². The molecule has 0 aliphatic heterocycles. The zero-order valence-electron chi connectivity index (χ0n) is 5.48. The van der Waals surface area contributed by atoms with Crippen LogP contribution in [0.5, 0.6) is 0 Å². The monoisotopic (exact) mass is 262 g/mol. The fourth-order valence-electron chi connectivity index (χ4n) is 0.760. The molecule has 0 saturated heterocycles. The van der Waals surface area contributed by atoms with Gasteiger partial charge in [0.15, 0.2) is 0 Å². The summed E-state index contributed by atoms with van der Waals surface area (Å²) in [4.78, 5) is 0. The van der Waals surface area contributed by atoms with Gasteiger partial charge in [-0.05, 0) is 12.0 Å². The largest absolute Gasteiger partial charge is 0.102 e. The highest BCUT2D eigenvalue weighted by atomic mass is 79.9. The molecule has 0 bridgehead atoms. The summed E-state index contributed by atoms with van der Waals surface area (Å²) in [5, 5.41) is 0. The Morgan fingerprint density at radius 2 is 2.30 bits per heavy atom. The van der Waals surface area contributed by atoms with Crippen LogP contribution < -0.4 is 0 Å². The maximum Gasteiger partial charge on any atom is 0.102 e. The normalized spacial score (nSPS) is 22.0. The van der Waals surface area contributed by atoms with E-state index in [4.69, 9.17) is 0 Å². The fraction of sp³-hybridized carbons (Fsp3) is 0.250. The highest BCUT2D eigenvalue weighted by Gasteiger charge is 2.19. The zero-order valence-corrected chi connectivity index (χ0v) is 8.65. The molecule has 0 unspecified atom stereocenters. The van der Waals surface area contributed by atoms with Gasteiger partial charge in [0, 0.05) is 0 Å². The van der Waals surface area contributed by atoms with Gasteiger partial charge in [-0.2, -0.15) is 0 Å². The van der Waals surface area contributed by atoms with Crippen molar-refractivity contribution in [1.29, 1.82) is 0 Å². The third-order valence-electron chi connectivity index (χ3n) is 1.37. The average molecular weight is 264 g/mol. The smallest absolute Gasteiger partial charge is 0.0985 e. The molecule has 0 amide bonds. The van der Waals surface area contributed by atoms with Crippen LogP contribution in [0.25, 0.3) is 0 Å². The van der Waals surface area contributed by atoms with Crippen LogP contribution in [0.1, 0.15) is 6.42 Å². The first-order chi connectivity index (χ1) is 4.64. The molecule has 0 fully saturated rings. The molecule has 0 heterocycles. The molecule has 0 spiro atoms. The minimum absolute atomic E-state index is 0.0213. The second-order valence-electron chi connectivity index (χ2n) is 2.21. The summed E-state index contributed by atoms with van der Waals surface area (Å²) in [7, 11) is 0. The average Bonchev–Trinajstić information content (AvgIpc) is 1.88. The minimum atomic E-state index is -0.0213. The third kappa shape index (κ3) is 2.10. The van der Waals surface area contributed by atoms with Crippen LogP contribution in [0.2, 0.25) is 0 Å². The lowest BCUT2D eigenvalue weighted by Gasteiger charge is -2.17. The van der Waals surface area contributed by atoms with Gasteiger partial charge >= 0.3 is 0 Å². The van der Waals surface area contributed by atoms with Gasteiger partial charge in [0.1, 0.15) is 3.23 Å². The summed E-state index contributed by atoms with van der Waals surface area (Å²) in [6.45, 7) is 3.68. The molecular formula is C8H8Br2. The van der Waals surface area contributed by atoms with Gasteiger partial charge in [-0.1, -0.05) is 62.7 Å². The summed E-state index contributed by atoms with van der Waals surface area (Å²) < 4.78 is -0.0213. The molecular weight excluding hydrogens is 256 g/mol. The minimum Gasteiger partial charge on any atom is -0.0985 e. The molecule has 0 nitrogen and oxygen atoms in total. The Balaban J connectivity index is 2.72. The molecule has 0 N–H and O–H groups in total. The molecule has 0 aromatic carbocycles. The predicted molar refractivity (Wildman–Crippen MR) is 52.6 cm³/mol. The van der Waals surface area contributed by atoms with E-state index in [1.54, 1.807) is 0 Å². The molecule has 0 saturated carbocycles. The van der Waals surface area contributed by atoms with E-state index in [-0.39, 0.29) is 3.23 Å². The van der Waals surface area contributed by atoms with Crippen LogP contribution >= 0.6 is 31.9 Å². The van der Waals surface area contributed by atoms with Crippen molar-refractivity contribution in [1.82, 2.24) is 0 Å². The van der Waals surface area contributed by atoms with E-state index in [0.717, 1.165) is 6.42 Å². The first-order valence-corrected chi connectivity index (χ1v) is 4.62. The molecule has 0 aromatic rings. The Kier molecular flexibility index (Phi) is 2.53. The van der Waals surface area contributed by atoms with E-state index in [2.05, 4.69) is 50.6 Å². The van der Waals surface area contributed by atoms with Crippen molar-refractivity contribution in [2.45, 2.75) is 9.65 Å². The van der Waals surface area contributed by atoms with Gasteiger partial charge in [-0.3, -0.25) is 0 Å². The van der Waals surface area contributed by atoms with Crippen molar-refractivity contribution >= 4 is 31.9 Å². The van der Waals surface area contributed by atoms with Crippen molar-refractivity contribution in [3.63, 3.8) is 0 Å². The number of hydrogen-bond acceptors (Lipinski definition) is 0. The highest BCUT2D eigenvalue weighted by molar-refractivity contribution is 9.25. The van der Waals surface area contributed by atoms with E-state index >= 15 is 0 Å². The molecule has 1 aliphatic carbocycles. The molecule has 1 aliphatic rings. The Morgan fingerprint density at radius 1 is 1.60 bits per heavy atom. The van der Waals surface area contributed by atoms with Gasteiger partial charge in [-0.15, -0.1) is 0 Å². The van der Waals surface area contributed by atoms with E-state index in [9.17, 15) is 0 Å². The molecule has 0 aromatic heterocycles. The number of rotatable bonds is 1. The predicted octanol–water partition coefficient (Wildman–Crippen LogP) is 3.54. The lowest BCUT2D eigenvalue weighted by Crippen LogP contribution is -2.07. The second-order valence-corrected chi connectivity index (χ2v) is 6.10. The van der Waals surface area contributed by atoms with Crippen LogP contribution in [-0.2, 0) is 0 Å². The van der Waals surface area contributed by atoms with Crippen LogP contribution in [0.15, 0.2) is 36.5 Å². The quantitative estimate of drug-likeness (QED) is 0.635. The molecule has 54 valence electrons. The van der Waals surface area contributed by atoms with Crippen molar-refractivity contribution in [2.75, 3.05) is 0 Å². The van der Waals surface area contributed by atoms with E-state index in [0.29, 0.717) is 0 Å². The Morgan fingerprint density at radius 3 is 2.70 bits per heavy atom. The summed E-state index contributed by atoms with van der Waals surface area (Å²) in [5.41, 5.74) is 1.19. The Bertz CT molecular complexity index is 199. The molecule has 0 radical (unpaired) electrons. The van der Waals surface area contributed by atoms with Crippen molar-refractivity contribution in [2.24, 2.45) is 0 Å². The first-order valence-electron chi connectivity index (χ1n) is 3.04. The molecule has 2 heteroatoms. The van der Waals surface area contributed by atoms with Crippen molar-refractivity contribution in [3.05, 3.63) is 36.5 Å². The number of allylic oxidation sites excluding steroid dienone is 5. The number of alkyl halides is 2. The molecule has 10 heavy (non-hydrogen) atoms. The second kappa shape index (κ2) is 3.05. The van der Waals surface area contributed by atoms with Crippen LogP contribution in [0.3, 0.4) is 0 Å². The van der Waals surface area contributed by atoms with Gasteiger partial charge < -0.3 is 0 Å².